The summed E-state index contributed by atoms with van der Waals surface area (Å²) in [6, 6.07) is 0. The molecule has 0 aromatic heterocycles. The van der Waals surface area contributed by atoms with Crippen molar-refractivity contribution >= 4 is 11.6 Å². The van der Waals surface area contributed by atoms with E-state index in [9.17, 15) is 9.59 Å². The minimum Gasteiger partial charge on any atom is -0.300 e. The van der Waals surface area contributed by atoms with Crippen LogP contribution in [0.25, 0.3) is 0 Å². The molecular formula is C19H28O2. The molecule has 4 fully saturated rings. The van der Waals surface area contributed by atoms with Gasteiger partial charge in [-0.15, -0.1) is 0 Å². The van der Waals surface area contributed by atoms with E-state index in [1.54, 1.807) is 0 Å². The number of carbonyl (C=O) groups is 2. The van der Waals surface area contributed by atoms with Crippen LogP contribution >= 0.6 is 0 Å². The molecule has 2 heteroatoms. The molecule has 0 aliphatic heterocycles. The predicted octanol–water partition coefficient (Wildman–Crippen LogP) is 4.17. The second-order valence-corrected chi connectivity index (χ2v) is 8.82. The summed E-state index contributed by atoms with van der Waals surface area (Å²) in [7, 11) is 0. The van der Waals surface area contributed by atoms with E-state index in [0.717, 1.165) is 50.4 Å². The van der Waals surface area contributed by atoms with Crippen molar-refractivity contribution in [3.63, 3.8) is 0 Å². The molecule has 4 aliphatic rings. The first-order valence-electron chi connectivity index (χ1n) is 9.00. The van der Waals surface area contributed by atoms with Gasteiger partial charge in [-0.2, -0.15) is 0 Å². The van der Waals surface area contributed by atoms with Gasteiger partial charge >= 0.3 is 0 Å². The van der Waals surface area contributed by atoms with Crippen LogP contribution in [-0.4, -0.2) is 11.6 Å². The zero-order valence-electron chi connectivity index (χ0n) is 13.5. The Balaban J connectivity index is 1.65. The molecule has 4 saturated carbocycles. The van der Waals surface area contributed by atoms with Crippen LogP contribution in [0.2, 0.25) is 0 Å². The van der Waals surface area contributed by atoms with E-state index in [2.05, 4.69) is 13.8 Å². The molecule has 0 heterocycles. The number of ketones is 2. The average Bonchev–Trinajstić information content (AvgIpc) is 2.76. The highest BCUT2D eigenvalue weighted by Crippen LogP contribution is 2.65. The molecule has 4 rings (SSSR count). The van der Waals surface area contributed by atoms with E-state index in [1.807, 2.05) is 0 Å². The summed E-state index contributed by atoms with van der Waals surface area (Å²) >= 11 is 0. The fourth-order valence-electron chi connectivity index (χ4n) is 6.82. The molecule has 0 spiro atoms. The second kappa shape index (κ2) is 4.43. The summed E-state index contributed by atoms with van der Waals surface area (Å²) in [4.78, 5) is 24.2. The maximum Gasteiger partial charge on any atom is 0.139 e. The van der Waals surface area contributed by atoms with Crippen LogP contribution in [0, 0.1) is 34.5 Å². The molecule has 0 aromatic rings. The van der Waals surface area contributed by atoms with Gasteiger partial charge in [0.15, 0.2) is 0 Å². The Morgan fingerprint density at radius 1 is 0.905 bits per heavy atom. The number of hydrogen-bond donors (Lipinski definition) is 0. The van der Waals surface area contributed by atoms with Crippen LogP contribution in [0.4, 0.5) is 0 Å². The number of rotatable bonds is 0. The van der Waals surface area contributed by atoms with Gasteiger partial charge in [-0.1, -0.05) is 13.8 Å². The molecule has 21 heavy (non-hydrogen) atoms. The predicted molar refractivity (Wildman–Crippen MR) is 81.7 cm³/mol. The zero-order chi connectivity index (χ0) is 14.8. The average molecular weight is 288 g/mol. The third-order valence-corrected chi connectivity index (χ3v) is 8.19. The van der Waals surface area contributed by atoms with E-state index >= 15 is 0 Å². The molecule has 0 N–H and O–H groups in total. The number of fused-ring (bicyclic) bond motifs is 5. The van der Waals surface area contributed by atoms with Gasteiger partial charge in [0, 0.05) is 24.7 Å². The molecule has 0 unspecified atom stereocenters. The van der Waals surface area contributed by atoms with Crippen LogP contribution < -0.4 is 0 Å². The lowest BCUT2D eigenvalue weighted by atomic mass is 9.45. The van der Waals surface area contributed by atoms with Crippen LogP contribution in [0.15, 0.2) is 0 Å². The monoisotopic (exact) mass is 288 g/mol. The number of carbonyl (C=O) groups excluding carboxylic acids is 2. The second-order valence-electron chi connectivity index (χ2n) is 8.82. The molecule has 0 radical (unpaired) electrons. The van der Waals surface area contributed by atoms with Gasteiger partial charge in [0.1, 0.15) is 11.6 Å². The first-order chi connectivity index (χ1) is 9.95. The Morgan fingerprint density at radius 2 is 1.71 bits per heavy atom. The van der Waals surface area contributed by atoms with Crippen molar-refractivity contribution in [1.29, 1.82) is 0 Å². The quantitative estimate of drug-likeness (QED) is 0.670. The largest absolute Gasteiger partial charge is 0.300 e. The van der Waals surface area contributed by atoms with Crippen molar-refractivity contribution in [2.24, 2.45) is 34.5 Å². The Bertz CT molecular complexity index is 496. The zero-order valence-corrected chi connectivity index (χ0v) is 13.5. The summed E-state index contributed by atoms with van der Waals surface area (Å²) in [6.45, 7) is 4.72. The summed E-state index contributed by atoms with van der Waals surface area (Å²) in [6.07, 6.45) is 9.53. The highest BCUT2D eigenvalue weighted by atomic mass is 16.1. The molecule has 0 bridgehead atoms. The Morgan fingerprint density at radius 3 is 2.52 bits per heavy atom. The van der Waals surface area contributed by atoms with Gasteiger partial charge < -0.3 is 0 Å². The maximum absolute atomic E-state index is 12.4. The van der Waals surface area contributed by atoms with Crippen molar-refractivity contribution in [2.75, 3.05) is 0 Å². The molecule has 6 atom stereocenters. The number of hydrogen-bond acceptors (Lipinski definition) is 2. The van der Waals surface area contributed by atoms with Gasteiger partial charge in [-0.3, -0.25) is 9.59 Å². The van der Waals surface area contributed by atoms with Gasteiger partial charge in [-0.25, -0.2) is 0 Å². The van der Waals surface area contributed by atoms with E-state index in [1.165, 1.54) is 19.3 Å². The van der Waals surface area contributed by atoms with Crippen molar-refractivity contribution < 1.29 is 9.59 Å². The SMILES string of the molecule is C[C@]12CCC(=O)C[C@@H]1CC[C@@H]1[C@H]2CC[C@]2(C)C(=O)CC[C@@H]12. The lowest BCUT2D eigenvalue weighted by Gasteiger charge is -2.59. The third kappa shape index (κ3) is 1.77. The molecular weight excluding hydrogens is 260 g/mol. The lowest BCUT2D eigenvalue weighted by Crippen LogP contribution is -2.53. The lowest BCUT2D eigenvalue weighted by molar-refractivity contribution is -0.144. The normalized spacial score (nSPS) is 53.0. The van der Waals surface area contributed by atoms with Crippen LogP contribution in [0.5, 0.6) is 0 Å². The minimum atomic E-state index is -0.00511. The molecule has 116 valence electrons. The summed E-state index contributed by atoms with van der Waals surface area (Å²) < 4.78 is 0. The highest BCUT2D eigenvalue weighted by molar-refractivity contribution is 5.87. The highest BCUT2D eigenvalue weighted by Gasteiger charge is 2.60. The standard InChI is InChI=1S/C19H28O2/c1-18-9-7-13(20)11-12(18)3-4-14-15-5-6-17(21)19(15,2)10-8-16(14)18/h12,14-16H,3-11H2,1-2H3/t12-,14-,15-,16+,18-,19-/m0/s1. The smallest absolute Gasteiger partial charge is 0.139 e. The molecule has 4 aliphatic carbocycles. The van der Waals surface area contributed by atoms with Crippen molar-refractivity contribution in [3.05, 3.63) is 0 Å². The van der Waals surface area contributed by atoms with Gasteiger partial charge in [0.25, 0.3) is 0 Å². The van der Waals surface area contributed by atoms with E-state index in [0.29, 0.717) is 28.8 Å². The summed E-state index contributed by atoms with van der Waals surface area (Å²) in [5.74, 6) is 3.82. The maximum atomic E-state index is 12.4. The Kier molecular flexibility index (Phi) is 2.94. The van der Waals surface area contributed by atoms with Crippen LogP contribution in [0.3, 0.4) is 0 Å². The summed E-state index contributed by atoms with van der Waals surface area (Å²) in [5.41, 5.74) is 0.374. The van der Waals surface area contributed by atoms with Crippen molar-refractivity contribution in [2.45, 2.75) is 71.6 Å². The topological polar surface area (TPSA) is 34.1 Å². The first kappa shape index (κ1) is 14.0. The fourth-order valence-corrected chi connectivity index (χ4v) is 6.82. The van der Waals surface area contributed by atoms with Crippen LogP contribution in [-0.2, 0) is 9.59 Å². The minimum absolute atomic E-state index is 0.00511. The fraction of sp³-hybridized carbons (Fsp3) is 0.895. The van der Waals surface area contributed by atoms with Crippen molar-refractivity contribution in [1.82, 2.24) is 0 Å². The Labute approximate surface area is 128 Å². The number of Topliss-reactive ketones (excluding diaryl/α,β-unsaturated/α-hetero) is 2. The Hall–Kier alpha value is -0.660. The van der Waals surface area contributed by atoms with Gasteiger partial charge in [0.05, 0.1) is 0 Å². The van der Waals surface area contributed by atoms with Gasteiger partial charge in [-0.05, 0) is 67.6 Å². The van der Waals surface area contributed by atoms with Crippen LogP contribution in [0.1, 0.15) is 71.6 Å². The van der Waals surface area contributed by atoms with E-state index in [4.69, 9.17) is 0 Å². The molecule has 0 aromatic carbocycles. The first-order valence-corrected chi connectivity index (χ1v) is 9.00. The third-order valence-electron chi connectivity index (χ3n) is 8.19. The molecule has 0 amide bonds. The van der Waals surface area contributed by atoms with Crippen molar-refractivity contribution in [3.8, 4) is 0 Å². The van der Waals surface area contributed by atoms with E-state index in [-0.39, 0.29) is 5.41 Å². The summed E-state index contributed by atoms with van der Waals surface area (Å²) in [5, 5.41) is 0. The van der Waals surface area contributed by atoms with E-state index < -0.39 is 0 Å². The molecule has 2 nitrogen and oxygen atoms in total. The van der Waals surface area contributed by atoms with Gasteiger partial charge in [0.2, 0.25) is 0 Å². The molecule has 0 saturated heterocycles.